The molecule has 0 spiro atoms. The summed E-state index contributed by atoms with van der Waals surface area (Å²) >= 11 is 6.09. The Hall–Kier alpha value is -3.19. The second-order valence-electron chi connectivity index (χ2n) is 5.56. The number of hydrogen-bond donors (Lipinski definition) is 2. The number of anilines is 2. The van der Waals surface area contributed by atoms with Crippen LogP contribution in [0.15, 0.2) is 54.9 Å². The topological polar surface area (TPSA) is 77.4 Å². The molecule has 0 aliphatic carbocycles. The maximum Gasteiger partial charge on any atom is 0.243 e. The molecular formula is C19H19ClN4O3. The van der Waals surface area contributed by atoms with Gasteiger partial charge in [0.25, 0.3) is 0 Å². The molecule has 7 nitrogen and oxygen atoms in total. The van der Waals surface area contributed by atoms with Crippen LogP contribution in [0.4, 0.5) is 11.4 Å². The molecule has 0 aliphatic heterocycles. The molecule has 1 heterocycles. The van der Waals surface area contributed by atoms with Crippen LogP contribution in [0.1, 0.15) is 0 Å². The van der Waals surface area contributed by atoms with Crippen molar-refractivity contribution in [2.75, 3.05) is 31.4 Å². The normalized spacial score (nSPS) is 10.3. The predicted molar refractivity (Wildman–Crippen MR) is 105 cm³/mol. The van der Waals surface area contributed by atoms with Gasteiger partial charge in [0.15, 0.2) is 0 Å². The van der Waals surface area contributed by atoms with E-state index in [4.69, 9.17) is 21.1 Å². The number of carbonyl (C=O) groups excluding carboxylic acids is 1. The summed E-state index contributed by atoms with van der Waals surface area (Å²) in [5.74, 6) is 0.656. The van der Waals surface area contributed by atoms with E-state index in [0.29, 0.717) is 22.2 Å². The van der Waals surface area contributed by atoms with Gasteiger partial charge < -0.3 is 20.1 Å². The highest BCUT2D eigenvalue weighted by Gasteiger charge is 2.13. The van der Waals surface area contributed by atoms with Gasteiger partial charge in [0.2, 0.25) is 5.91 Å². The van der Waals surface area contributed by atoms with Crippen LogP contribution in [0.3, 0.4) is 0 Å². The van der Waals surface area contributed by atoms with Crippen molar-refractivity contribution < 1.29 is 14.3 Å². The number of para-hydroxylation sites is 2. The number of amides is 1. The highest BCUT2D eigenvalue weighted by molar-refractivity contribution is 6.32. The van der Waals surface area contributed by atoms with Crippen LogP contribution in [-0.4, -0.2) is 36.5 Å². The lowest BCUT2D eigenvalue weighted by atomic mass is 10.2. The van der Waals surface area contributed by atoms with E-state index in [1.165, 1.54) is 14.2 Å². The Bertz CT molecular complexity index is 929. The highest BCUT2D eigenvalue weighted by Crippen LogP contribution is 2.35. The molecule has 0 aliphatic rings. The standard InChI is InChI=1S/C19H19ClN4O3/c1-26-17-11-15(18(27-2)10-13(17)20)23-19(25)12-21-14-6-3-4-7-16(14)24-9-5-8-22-24/h3-11,21H,12H2,1-2H3,(H,23,25). The van der Waals surface area contributed by atoms with Crippen molar-refractivity contribution in [1.29, 1.82) is 0 Å². The van der Waals surface area contributed by atoms with Crippen LogP contribution in [0.5, 0.6) is 11.5 Å². The minimum absolute atomic E-state index is 0.0619. The third-order valence-corrected chi connectivity index (χ3v) is 4.14. The maximum atomic E-state index is 12.4. The SMILES string of the molecule is COc1cc(NC(=O)CNc2ccccc2-n2cccn2)c(OC)cc1Cl. The van der Waals surface area contributed by atoms with E-state index in [0.717, 1.165) is 11.4 Å². The number of halogens is 1. The lowest BCUT2D eigenvalue weighted by Gasteiger charge is -2.15. The zero-order valence-corrected chi connectivity index (χ0v) is 15.7. The predicted octanol–water partition coefficient (Wildman–Crippen LogP) is 3.59. The molecule has 0 saturated carbocycles. The quantitative estimate of drug-likeness (QED) is 0.648. The molecule has 2 N–H and O–H groups in total. The second kappa shape index (κ2) is 8.46. The first-order valence-corrected chi connectivity index (χ1v) is 8.54. The van der Waals surface area contributed by atoms with E-state index in [2.05, 4.69) is 15.7 Å². The van der Waals surface area contributed by atoms with E-state index in [-0.39, 0.29) is 12.5 Å². The van der Waals surface area contributed by atoms with Crippen LogP contribution < -0.4 is 20.1 Å². The third-order valence-electron chi connectivity index (χ3n) is 3.84. The fourth-order valence-corrected chi connectivity index (χ4v) is 2.79. The van der Waals surface area contributed by atoms with Crippen molar-refractivity contribution in [3.05, 3.63) is 59.9 Å². The Morgan fingerprint density at radius 3 is 2.59 bits per heavy atom. The summed E-state index contributed by atoms with van der Waals surface area (Å²) in [7, 11) is 3.01. The molecule has 3 rings (SSSR count). The number of nitrogens with one attached hydrogen (secondary N) is 2. The van der Waals surface area contributed by atoms with Gasteiger partial charge in [-0.3, -0.25) is 4.79 Å². The Kier molecular flexibility index (Phi) is 5.83. The van der Waals surface area contributed by atoms with Crippen LogP contribution in [0, 0.1) is 0 Å². The van der Waals surface area contributed by atoms with Crippen molar-refractivity contribution in [3.63, 3.8) is 0 Å². The summed E-state index contributed by atoms with van der Waals surface area (Å²) in [5.41, 5.74) is 2.11. The molecular weight excluding hydrogens is 368 g/mol. The van der Waals surface area contributed by atoms with Crippen LogP contribution >= 0.6 is 11.6 Å². The van der Waals surface area contributed by atoms with E-state index in [1.54, 1.807) is 23.0 Å². The first-order valence-electron chi connectivity index (χ1n) is 8.16. The molecule has 0 unspecified atom stereocenters. The molecule has 1 aromatic heterocycles. The Morgan fingerprint density at radius 1 is 1.11 bits per heavy atom. The number of nitrogens with zero attached hydrogens (tertiary/aromatic N) is 2. The van der Waals surface area contributed by atoms with Gasteiger partial charge >= 0.3 is 0 Å². The Morgan fingerprint density at radius 2 is 1.89 bits per heavy atom. The summed E-state index contributed by atoms with van der Waals surface area (Å²) in [6.45, 7) is 0.0619. The number of methoxy groups -OCH3 is 2. The highest BCUT2D eigenvalue weighted by atomic mass is 35.5. The number of carbonyl (C=O) groups is 1. The zero-order valence-electron chi connectivity index (χ0n) is 14.9. The summed E-state index contributed by atoms with van der Waals surface area (Å²) in [6.07, 6.45) is 3.54. The third kappa shape index (κ3) is 4.32. The smallest absolute Gasteiger partial charge is 0.243 e. The minimum Gasteiger partial charge on any atom is -0.495 e. The summed E-state index contributed by atoms with van der Waals surface area (Å²) < 4.78 is 12.2. The van der Waals surface area contributed by atoms with Crippen molar-refractivity contribution in [2.24, 2.45) is 0 Å². The fourth-order valence-electron chi connectivity index (χ4n) is 2.56. The molecule has 0 bridgehead atoms. The average Bonchev–Trinajstić information content (AvgIpc) is 3.22. The number of aromatic nitrogens is 2. The minimum atomic E-state index is -0.243. The van der Waals surface area contributed by atoms with Gasteiger partial charge in [0, 0.05) is 24.5 Å². The first kappa shape index (κ1) is 18.6. The van der Waals surface area contributed by atoms with Crippen LogP contribution in [0.25, 0.3) is 5.69 Å². The number of ether oxygens (including phenoxy) is 2. The summed E-state index contributed by atoms with van der Waals surface area (Å²) in [4.78, 5) is 12.4. The van der Waals surface area contributed by atoms with Crippen LogP contribution in [0.2, 0.25) is 5.02 Å². The van der Waals surface area contributed by atoms with Gasteiger partial charge in [0.05, 0.1) is 42.8 Å². The largest absolute Gasteiger partial charge is 0.495 e. The van der Waals surface area contributed by atoms with Gasteiger partial charge in [-0.2, -0.15) is 5.10 Å². The molecule has 2 aromatic carbocycles. The molecule has 0 saturated heterocycles. The summed E-state index contributed by atoms with van der Waals surface area (Å²) in [6, 6.07) is 12.7. The van der Waals surface area contributed by atoms with E-state index in [9.17, 15) is 4.79 Å². The van der Waals surface area contributed by atoms with Crippen molar-refractivity contribution in [1.82, 2.24) is 9.78 Å². The maximum absolute atomic E-state index is 12.4. The number of benzene rings is 2. The van der Waals surface area contributed by atoms with E-state index >= 15 is 0 Å². The molecule has 8 heteroatoms. The molecule has 1 amide bonds. The van der Waals surface area contributed by atoms with Crippen LogP contribution in [-0.2, 0) is 4.79 Å². The van der Waals surface area contributed by atoms with E-state index in [1.807, 2.05) is 36.5 Å². The van der Waals surface area contributed by atoms with Crippen molar-refractivity contribution >= 4 is 28.9 Å². The molecule has 0 fully saturated rings. The Labute approximate surface area is 161 Å². The molecule has 3 aromatic rings. The lowest BCUT2D eigenvalue weighted by Crippen LogP contribution is -2.22. The van der Waals surface area contributed by atoms with Crippen molar-refractivity contribution in [3.8, 4) is 17.2 Å². The van der Waals surface area contributed by atoms with E-state index < -0.39 is 0 Å². The van der Waals surface area contributed by atoms with Gasteiger partial charge in [0.1, 0.15) is 11.5 Å². The number of hydrogen-bond acceptors (Lipinski definition) is 5. The molecule has 0 radical (unpaired) electrons. The van der Waals surface area contributed by atoms with Gasteiger partial charge in [-0.25, -0.2) is 4.68 Å². The Balaban J connectivity index is 1.71. The van der Waals surface area contributed by atoms with Gasteiger partial charge in [-0.1, -0.05) is 23.7 Å². The zero-order chi connectivity index (χ0) is 19.2. The van der Waals surface area contributed by atoms with Gasteiger partial charge in [-0.15, -0.1) is 0 Å². The second-order valence-corrected chi connectivity index (χ2v) is 5.96. The monoisotopic (exact) mass is 386 g/mol. The molecule has 140 valence electrons. The summed E-state index contributed by atoms with van der Waals surface area (Å²) in [5, 5.41) is 10.6. The average molecular weight is 387 g/mol. The first-order chi connectivity index (χ1) is 13.1. The number of rotatable bonds is 7. The fraction of sp³-hybridized carbons (Fsp3) is 0.158. The molecule has 27 heavy (non-hydrogen) atoms. The lowest BCUT2D eigenvalue weighted by molar-refractivity contribution is -0.114. The molecule has 0 atom stereocenters. The van der Waals surface area contributed by atoms with Gasteiger partial charge in [-0.05, 0) is 18.2 Å². The van der Waals surface area contributed by atoms with Crippen molar-refractivity contribution in [2.45, 2.75) is 0 Å².